The van der Waals surface area contributed by atoms with Crippen LogP contribution in [-0.2, 0) is 9.59 Å². The molecule has 1 aliphatic heterocycles. The first-order valence-electron chi connectivity index (χ1n) is 6.15. The van der Waals surface area contributed by atoms with Crippen molar-refractivity contribution >= 4 is 11.8 Å². The van der Waals surface area contributed by atoms with Crippen molar-refractivity contribution in [2.75, 3.05) is 13.6 Å². The van der Waals surface area contributed by atoms with Crippen LogP contribution in [0.3, 0.4) is 0 Å². The highest BCUT2D eigenvalue weighted by atomic mass is 16.2. The number of amides is 2. The minimum Gasteiger partial charge on any atom is -0.317 e. The van der Waals surface area contributed by atoms with Crippen molar-refractivity contribution in [3.05, 3.63) is 0 Å². The summed E-state index contributed by atoms with van der Waals surface area (Å²) in [6.07, 6.45) is 4.66. The van der Waals surface area contributed by atoms with E-state index in [1.54, 1.807) is 0 Å². The minimum atomic E-state index is 0.0135. The topological polar surface area (TPSA) is 49.4 Å². The number of hydrogen-bond donors (Lipinski definition) is 1. The number of nitrogens with one attached hydrogen (secondary N) is 1. The van der Waals surface area contributed by atoms with Gasteiger partial charge in [-0.2, -0.15) is 0 Å². The van der Waals surface area contributed by atoms with E-state index in [0.717, 1.165) is 25.7 Å². The Morgan fingerprint density at radius 3 is 2.31 bits per heavy atom. The van der Waals surface area contributed by atoms with Crippen molar-refractivity contribution in [2.24, 2.45) is 0 Å². The predicted octanol–water partition coefficient (Wildman–Crippen LogP) is 1.30. The Balaban J connectivity index is 2.37. The van der Waals surface area contributed by atoms with Gasteiger partial charge in [-0.3, -0.25) is 14.5 Å². The molecule has 1 unspecified atom stereocenters. The van der Waals surface area contributed by atoms with Crippen molar-refractivity contribution in [3.63, 3.8) is 0 Å². The highest BCUT2D eigenvalue weighted by Gasteiger charge is 2.23. The Morgan fingerprint density at radius 2 is 1.81 bits per heavy atom. The molecule has 1 aliphatic rings. The quantitative estimate of drug-likeness (QED) is 0.719. The van der Waals surface area contributed by atoms with Crippen LogP contribution < -0.4 is 5.32 Å². The SMILES string of the molecule is CNC(C)CCCN1C(=O)CCCCC1=O. The minimum absolute atomic E-state index is 0.0135. The molecular formula is C12H22N2O2. The molecule has 1 saturated heterocycles. The molecule has 0 saturated carbocycles. The van der Waals surface area contributed by atoms with Crippen LogP contribution in [0.5, 0.6) is 0 Å². The van der Waals surface area contributed by atoms with E-state index in [0.29, 0.717) is 25.4 Å². The van der Waals surface area contributed by atoms with Crippen LogP contribution in [0.4, 0.5) is 0 Å². The lowest BCUT2D eigenvalue weighted by Crippen LogP contribution is -2.36. The Kier molecular flexibility index (Phi) is 5.46. The number of carbonyl (C=O) groups excluding carboxylic acids is 2. The molecule has 0 aromatic carbocycles. The zero-order chi connectivity index (χ0) is 12.0. The van der Waals surface area contributed by atoms with Gasteiger partial charge in [-0.15, -0.1) is 0 Å². The summed E-state index contributed by atoms with van der Waals surface area (Å²) in [6.45, 7) is 2.69. The van der Waals surface area contributed by atoms with Crippen molar-refractivity contribution in [1.82, 2.24) is 10.2 Å². The highest BCUT2D eigenvalue weighted by Crippen LogP contribution is 2.13. The van der Waals surface area contributed by atoms with Crippen LogP contribution >= 0.6 is 0 Å². The molecular weight excluding hydrogens is 204 g/mol. The van der Waals surface area contributed by atoms with Gasteiger partial charge in [0.05, 0.1) is 0 Å². The van der Waals surface area contributed by atoms with Gasteiger partial charge in [0.2, 0.25) is 11.8 Å². The summed E-state index contributed by atoms with van der Waals surface area (Å²) in [5, 5.41) is 3.15. The van der Waals surface area contributed by atoms with E-state index >= 15 is 0 Å². The van der Waals surface area contributed by atoms with Gasteiger partial charge in [-0.05, 0) is 39.7 Å². The van der Waals surface area contributed by atoms with Gasteiger partial charge in [0.25, 0.3) is 0 Å². The second-order valence-corrected chi connectivity index (χ2v) is 4.48. The summed E-state index contributed by atoms with van der Waals surface area (Å²) < 4.78 is 0. The van der Waals surface area contributed by atoms with Gasteiger partial charge in [-0.25, -0.2) is 0 Å². The third-order valence-corrected chi connectivity index (χ3v) is 3.15. The summed E-state index contributed by atoms with van der Waals surface area (Å²) in [5.41, 5.74) is 0. The fourth-order valence-corrected chi connectivity index (χ4v) is 1.91. The molecule has 4 nitrogen and oxygen atoms in total. The Hall–Kier alpha value is -0.900. The lowest BCUT2D eigenvalue weighted by atomic mass is 10.2. The molecule has 0 aromatic heterocycles. The van der Waals surface area contributed by atoms with E-state index < -0.39 is 0 Å². The lowest BCUT2D eigenvalue weighted by molar-refractivity contribution is -0.143. The summed E-state index contributed by atoms with van der Waals surface area (Å²) in [4.78, 5) is 24.8. The molecule has 0 aromatic rings. The van der Waals surface area contributed by atoms with E-state index in [1.807, 2.05) is 7.05 Å². The maximum absolute atomic E-state index is 11.7. The van der Waals surface area contributed by atoms with Crippen LogP contribution in [0, 0.1) is 0 Å². The number of imide groups is 1. The third kappa shape index (κ3) is 3.93. The van der Waals surface area contributed by atoms with Crippen LogP contribution in [0.1, 0.15) is 45.4 Å². The molecule has 1 fully saturated rings. The number of hydrogen-bond acceptors (Lipinski definition) is 3. The second kappa shape index (κ2) is 6.63. The fourth-order valence-electron chi connectivity index (χ4n) is 1.91. The number of nitrogens with zero attached hydrogens (tertiary/aromatic N) is 1. The Bertz CT molecular complexity index is 235. The van der Waals surface area contributed by atoms with Gasteiger partial charge >= 0.3 is 0 Å². The van der Waals surface area contributed by atoms with Crippen LogP contribution in [0.2, 0.25) is 0 Å². The maximum Gasteiger partial charge on any atom is 0.229 e. The Labute approximate surface area is 97.4 Å². The maximum atomic E-state index is 11.7. The predicted molar refractivity (Wildman–Crippen MR) is 62.9 cm³/mol. The first kappa shape index (κ1) is 13.2. The van der Waals surface area contributed by atoms with E-state index in [4.69, 9.17) is 0 Å². The molecule has 16 heavy (non-hydrogen) atoms. The van der Waals surface area contributed by atoms with Crippen LogP contribution in [0.15, 0.2) is 0 Å². The Morgan fingerprint density at radius 1 is 1.25 bits per heavy atom. The largest absolute Gasteiger partial charge is 0.317 e. The summed E-state index contributed by atoms with van der Waals surface area (Å²) in [5.74, 6) is 0.0271. The van der Waals surface area contributed by atoms with E-state index in [-0.39, 0.29) is 11.8 Å². The van der Waals surface area contributed by atoms with Gasteiger partial charge in [-0.1, -0.05) is 0 Å². The van der Waals surface area contributed by atoms with E-state index in [1.165, 1.54) is 4.90 Å². The van der Waals surface area contributed by atoms with Gasteiger partial charge in [0.1, 0.15) is 0 Å². The zero-order valence-electron chi connectivity index (χ0n) is 10.3. The van der Waals surface area contributed by atoms with Crippen molar-refractivity contribution in [3.8, 4) is 0 Å². The standard InChI is InChI=1S/C12H22N2O2/c1-10(13-2)6-5-9-14-11(15)7-3-4-8-12(14)16/h10,13H,3-9H2,1-2H3. The van der Waals surface area contributed by atoms with Gasteiger partial charge in [0, 0.05) is 25.4 Å². The molecule has 1 N–H and O–H groups in total. The molecule has 1 rings (SSSR count). The summed E-state index contributed by atoms with van der Waals surface area (Å²) in [6, 6.07) is 0.442. The molecule has 1 heterocycles. The highest BCUT2D eigenvalue weighted by molar-refractivity contribution is 5.95. The summed E-state index contributed by atoms with van der Waals surface area (Å²) in [7, 11) is 1.92. The van der Waals surface area contributed by atoms with Gasteiger partial charge in [0.15, 0.2) is 0 Å². The average Bonchev–Trinajstić information content (AvgIpc) is 2.43. The van der Waals surface area contributed by atoms with Gasteiger partial charge < -0.3 is 5.32 Å². The molecule has 4 heteroatoms. The average molecular weight is 226 g/mol. The molecule has 92 valence electrons. The van der Waals surface area contributed by atoms with Crippen molar-refractivity contribution < 1.29 is 9.59 Å². The molecule has 0 spiro atoms. The molecule has 2 amide bonds. The third-order valence-electron chi connectivity index (χ3n) is 3.15. The van der Waals surface area contributed by atoms with E-state index in [2.05, 4.69) is 12.2 Å². The zero-order valence-corrected chi connectivity index (χ0v) is 10.3. The second-order valence-electron chi connectivity index (χ2n) is 4.48. The smallest absolute Gasteiger partial charge is 0.229 e. The number of rotatable bonds is 5. The number of likely N-dealkylation sites (tertiary alicyclic amines) is 1. The van der Waals surface area contributed by atoms with E-state index in [9.17, 15) is 9.59 Å². The lowest BCUT2D eigenvalue weighted by Gasteiger charge is -2.19. The van der Waals surface area contributed by atoms with Crippen molar-refractivity contribution in [1.29, 1.82) is 0 Å². The fraction of sp³-hybridized carbons (Fsp3) is 0.833. The number of carbonyl (C=O) groups is 2. The van der Waals surface area contributed by atoms with Crippen LogP contribution in [0.25, 0.3) is 0 Å². The molecule has 0 aliphatic carbocycles. The van der Waals surface area contributed by atoms with Crippen molar-refractivity contribution in [2.45, 2.75) is 51.5 Å². The summed E-state index contributed by atoms with van der Waals surface area (Å²) >= 11 is 0. The first-order valence-corrected chi connectivity index (χ1v) is 6.15. The van der Waals surface area contributed by atoms with Crippen LogP contribution in [-0.4, -0.2) is 36.3 Å². The molecule has 0 bridgehead atoms. The molecule has 0 radical (unpaired) electrons. The normalized spacial score (nSPS) is 19.8. The molecule has 1 atom stereocenters. The monoisotopic (exact) mass is 226 g/mol. The first-order chi connectivity index (χ1) is 7.65.